The Labute approximate surface area is 132 Å². The van der Waals surface area contributed by atoms with Gasteiger partial charge >= 0.3 is 0 Å². The van der Waals surface area contributed by atoms with Crippen LogP contribution in [0, 0.1) is 0 Å². The molecule has 0 N–H and O–H groups in total. The minimum absolute atomic E-state index is 0.107. The number of rotatable bonds is 7. The summed E-state index contributed by atoms with van der Waals surface area (Å²) in [4.78, 5) is 14.6. The maximum absolute atomic E-state index is 12.6. The Morgan fingerprint density at radius 3 is 2.10 bits per heavy atom. The molecule has 1 aromatic rings. The summed E-state index contributed by atoms with van der Waals surface area (Å²) in [6, 6.07) is 6.19. The average molecular weight is 332 g/mol. The number of benzene rings is 1. The largest absolute Gasteiger partial charge is 0.334 e. The first-order chi connectivity index (χ1) is 9.85. The molecule has 0 atom stereocenters. The van der Waals surface area contributed by atoms with E-state index in [2.05, 4.69) is 0 Å². The Kier molecular flexibility index (Phi) is 6.68. The number of carbonyl (C=O) groups is 1. The molecule has 0 saturated carbocycles. The molecule has 1 rings (SSSR count). The summed E-state index contributed by atoms with van der Waals surface area (Å²) in [7, 11) is -3.25. The van der Waals surface area contributed by atoms with Crippen LogP contribution in [0.25, 0.3) is 0 Å². The van der Waals surface area contributed by atoms with Gasteiger partial charge in [-0.1, -0.05) is 13.8 Å². The van der Waals surface area contributed by atoms with Crippen LogP contribution < -0.4 is 0 Å². The van der Waals surface area contributed by atoms with E-state index in [0.717, 1.165) is 19.1 Å². The second kappa shape index (κ2) is 7.80. The van der Waals surface area contributed by atoms with Gasteiger partial charge in [-0.3, -0.25) is 4.79 Å². The van der Waals surface area contributed by atoms with Crippen LogP contribution in [0.5, 0.6) is 0 Å². The normalized spacial score (nSPS) is 11.7. The highest BCUT2D eigenvalue weighted by Crippen LogP contribution is 2.16. The van der Waals surface area contributed by atoms with Crippen LogP contribution in [0.1, 0.15) is 37.0 Å². The van der Waals surface area contributed by atoms with Crippen molar-refractivity contribution in [2.75, 3.05) is 18.7 Å². The van der Waals surface area contributed by atoms with Crippen molar-refractivity contribution < 1.29 is 13.2 Å². The van der Waals surface area contributed by atoms with E-state index in [9.17, 15) is 13.2 Å². The lowest BCUT2D eigenvalue weighted by atomic mass is 10.1. The van der Waals surface area contributed by atoms with Gasteiger partial charge in [0.05, 0.1) is 4.90 Å². The van der Waals surface area contributed by atoms with E-state index in [4.69, 9.17) is 11.6 Å². The van der Waals surface area contributed by atoms with Crippen molar-refractivity contribution in [1.82, 2.24) is 4.90 Å². The molecule has 0 aliphatic rings. The van der Waals surface area contributed by atoms with E-state index >= 15 is 0 Å². The van der Waals surface area contributed by atoms with Crippen molar-refractivity contribution >= 4 is 27.3 Å². The Morgan fingerprint density at radius 1 is 1.19 bits per heavy atom. The predicted octanol–water partition coefficient (Wildman–Crippen LogP) is 2.96. The third-order valence-electron chi connectivity index (χ3n) is 3.50. The van der Waals surface area contributed by atoms with Crippen molar-refractivity contribution in [2.45, 2.75) is 37.6 Å². The molecule has 21 heavy (non-hydrogen) atoms. The zero-order chi connectivity index (χ0) is 16.0. The molecule has 0 spiro atoms. The SMILES string of the molecule is CCC(CC)N(CCCl)C(=O)c1ccc(S(C)(=O)=O)cc1. The molecule has 1 amide bonds. The smallest absolute Gasteiger partial charge is 0.254 e. The second-order valence-electron chi connectivity index (χ2n) is 4.95. The third kappa shape index (κ3) is 4.71. The maximum atomic E-state index is 12.6. The summed E-state index contributed by atoms with van der Waals surface area (Å²) < 4.78 is 22.9. The van der Waals surface area contributed by atoms with Gasteiger partial charge in [0, 0.05) is 30.3 Å². The summed E-state index contributed by atoms with van der Waals surface area (Å²) in [6.45, 7) is 4.56. The van der Waals surface area contributed by atoms with Crippen LogP contribution >= 0.6 is 11.6 Å². The molecule has 0 heterocycles. The van der Waals surface area contributed by atoms with E-state index in [1.54, 1.807) is 17.0 Å². The monoisotopic (exact) mass is 331 g/mol. The van der Waals surface area contributed by atoms with Gasteiger partial charge in [-0.15, -0.1) is 11.6 Å². The van der Waals surface area contributed by atoms with E-state index < -0.39 is 9.84 Å². The predicted molar refractivity (Wildman–Crippen MR) is 85.7 cm³/mol. The van der Waals surface area contributed by atoms with Gasteiger partial charge in [-0.25, -0.2) is 8.42 Å². The summed E-state index contributed by atoms with van der Waals surface area (Å²) in [5.74, 6) is 0.272. The number of halogens is 1. The molecule has 0 aromatic heterocycles. The van der Waals surface area contributed by atoms with Gasteiger partial charge in [-0.2, -0.15) is 0 Å². The molecule has 118 valence electrons. The van der Waals surface area contributed by atoms with Gasteiger partial charge in [-0.05, 0) is 37.1 Å². The Morgan fingerprint density at radius 2 is 1.71 bits per heavy atom. The third-order valence-corrected chi connectivity index (χ3v) is 4.80. The number of sulfone groups is 1. The van der Waals surface area contributed by atoms with Crippen LogP contribution in [-0.4, -0.2) is 43.9 Å². The average Bonchev–Trinajstić information content (AvgIpc) is 2.46. The van der Waals surface area contributed by atoms with Crippen molar-refractivity contribution in [3.05, 3.63) is 29.8 Å². The molecule has 0 saturated heterocycles. The van der Waals surface area contributed by atoms with Crippen LogP contribution in [0.2, 0.25) is 0 Å². The molecule has 0 aliphatic heterocycles. The molecule has 0 unspecified atom stereocenters. The molecule has 6 heteroatoms. The molecular formula is C15H22ClNO3S. The number of amides is 1. The van der Waals surface area contributed by atoms with E-state index in [0.29, 0.717) is 18.0 Å². The minimum Gasteiger partial charge on any atom is -0.334 e. The first-order valence-corrected chi connectivity index (χ1v) is 9.44. The van der Waals surface area contributed by atoms with Gasteiger partial charge < -0.3 is 4.90 Å². The quantitative estimate of drug-likeness (QED) is 0.722. The van der Waals surface area contributed by atoms with Crippen molar-refractivity contribution in [1.29, 1.82) is 0 Å². The lowest BCUT2D eigenvalue weighted by Crippen LogP contribution is -2.41. The van der Waals surface area contributed by atoms with Gasteiger partial charge in [0.25, 0.3) is 5.91 Å². The number of hydrogen-bond acceptors (Lipinski definition) is 3. The fourth-order valence-corrected chi connectivity index (χ4v) is 3.09. The molecule has 4 nitrogen and oxygen atoms in total. The summed E-state index contributed by atoms with van der Waals surface area (Å²) in [6.07, 6.45) is 2.87. The van der Waals surface area contributed by atoms with Crippen molar-refractivity contribution in [3.8, 4) is 0 Å². The van der Waals surface area contributed by atoms with Gasteiger partial charge in [0.1, 0.15) is 0 Å². The highest BCUT2D eigenvalue weighted by molar-refractivity contribution is 7.90. The fraction of sp³-hybridized carbons (Fsp3) is 0.533. The van der Waals surface area contributed by atoms with Crippen LogP contribution in [0.15, 0.2) is 29.2 Å². The lowest BCUT2D eigenvalue weighted by Gasteiger charge is -2.30. The standard InChI is InChI=1S/C15H22ClNO3S/c1-4-13(5-2)17(11-10-16)15(18)12-6-8-14(9-7-12)21(3,19)20/h6-9,13H,4-5,10-11H2,1-3H3. The number of alkyl halides is 1. The number of carbonyl (C=O) groups excluding carboxylic acids is 1. The zero-order valence-electron chi connectivity index (χ0n) is 12.7. The molecule has 0 bridgehead atoms. The Balaban J connectivity index is 3.04. The van der Waals surface area contributed by atoms with Gasteiger partial charge in [0.2, 0.25) is 0 Å². The fourth-order valence-electron chi connectivity index (χ4n) is 2.28. The summed E-state index contributed by atoms with van der Waals surface area (Å²) in [5, 5.41) is 0. The van der Waals surface area contributed by atoms with Crippen LogP contribution in [0.4, 0.5) is 0 Å². The van der Waals surface area contributed by atoms with Crippen LogP contribution in [0.3, 0.4) is 0 Å². The van der Waals surface area contributed by atoms with E-state index in [-0.39, 0.29) is 16.8 Å². The molecule has 0 radical (unpaired) electrons. The van der Waals surface area contributed by atoms with Crippen LogP contribution in [-0.2, 0) is 9.84 Å². The van der Waals surface area contributed by atoms with Crippen molar-refractivity contribution in [2.24, 2.45) is 0 Å². The number of hydrogen-bond donors (Lipinski definition) is 0. The topological polar surface area (TPSA) is 54.5 Å². The Hall–Kier alpha value is -1.07. The van der Waals surface area contributed by atoms with Gasteiger partial charge in [0.15, 0.2) is 9.84 Å². The van der Waals surface area contributed by atoms with E-state index in [1.807, 2.05) is 13.8 Å². The molecule has 0 fully saturated rings. The summed E-state index contributed by atoms with van der Waals surface area (Å²) in [5.41, 5.74) is 0.486. The minimum atomic E-state index is -3.25. The Bertz CT molecular complexity index is 565. The van der Waals surface area contributed by atoms with E-state index in [1.165, 1.54) is 12.1 Å². The zero-order valence-corrected chi connectivity index (χ0v) is 14.2. The lowest BCUT2D eigenvalue weighted by molar-refractivity contribution is 0.0681. The first-order valence-electron chi connectivity index (χ1n) is 7.02. The highest BCUT2D eigenvalue weighted by atomic mass is 35.5. The second-order valence-corrected chi connectivity index (χ2v) is 7.35. The van der Waals surface area contributed by atoms with Crippen molar-refractivity contribution in [3.63, 3.8) is 0 Å². The number of nitrogens with zero attached hydrogens (tertiary/aromatic N) is 1. The summed E-state index contributed by atoms with van der Waals surface area (Å²) >= 11 is 5.80. The molecular weight excluding hydrogens is 310 g/mol. The molecule has 0 aliphatic carbocycles. The molecule has 1 aromatic carbocycles. The maximum Gasteiger partial charge on any atom is 0.254 e. The highest BCUT2D eigenvalue weighted by Gasteiger charge is 2.22. The first kappa shape index (κ1) is 18.0.